The number of alkyl halides is 3. The SMILES string of the molecule is CC(CNC(=O)c1ccc(CC(=O)O)c(CC(=O)O)c1)Oc1cc2cc(S(=O)(=O)NCP(=O)(O)Oc3ccc(C#N)c(C(F)(F)F)c3)sc2cc1OC(C)CNC(=O)c1ccc(CC(=O)O)c(CC(=O)O)c1. The number of nitrogens with one attached hydrogen (secondary N) is 3. The summed E-state index contributed by atoms with van der Waals surface area (Å²) in [6.45, 7) is 2.68. The first-order chi connectivity index (χ1) is 33.6. The monoisotopic (exact) mass is 1060 g/mol. The molecule has 72 heavy (non-hydrogen) atoms. The molecule has 1 heterocycles. The Balaban J connectivity index is 1.38. The lowest BCUT2D eigenvalue weighted by Crippen LogP contribution is -2.34. The molecule has 4 aromatic carbocycles. The first-order valence-corrected chi connectivity index (χ1v) is 24.9. The summed E-state index contributed by atoms with van der Waals surface area (Å²) in [5, 5.41) is 51.7. The molecule has 2 amide bonds. The lowest BCUT2D eigenvalue weighted by molar-refractivity contribution is -0.138. The fourth-order valence-electron chi connectivity index (χ4n) is 6.74. The topological polar surface area (TPSA) is 342 Å². The Labute approximate surface area is 410 Å². The molecule has 5 aromatic rings. The van der Waals surface area contributed by atoms with E-state index >= 15 is 0 Å². The van der Waals surface area contributed by atoms with Gasteiger partial charge in [0.2, 0.25) is 0 Å². The van der Waals surface area contributed by atoms with Crippen LogP contribution in [-0.4, -0.2) is 101 Å². The maximum atomic E-state index is 13.5. The van der Waals surface area contributed by atoms with Gasteiger partial charge in [0.25, 0.3) is 21.8 Å². The van der Waals surface area contributed by atoms with Gasteiger partial charge in [-0.3, -0.25) is 28.8 Å². The van der Waals surface area contributed by atoms with Gasteiger partial charge in [0, 0.05) is 21.9 Å². The number of nitriles is 1. The quantitative estimate of drug-likeness (QED) is 0.0368. The normalized spacial score (nSPS) is 13.2. The number of halogens is 3. The highest BCUT2D eigenvalue weighted by Crippen LogP contribution is 2.44. The summed E-state index contributed by atoms with van der Waals surface area (Å²) in [6, 6.07) is 14.9. The molecule has 0 bridgehead atoms. The van der Waals surface area contributed by atoms with Crippen molar-refractivity contribution in [2.45, 2.75) is 62.1 Å². The lowest BCUT2D eigenvalue weighted by atomic mass is 9.98. The number of rotatable bonds is 24. The molecule has 0 fully saturated rings. The zero-order valence-corrected chi connectivity index (χ0v) is 40.0. The molecule has 5 rings (SSSR count). The summed E-state index contributed by atoms with van der Waals surface area (Å²) >= 11 is 0.654. The van der Waals surface area contributed by atoms with E-state index in [2.05, 4.69) is 10.6 Å². The van der Waals surface area contributed by atoms with Crippen LogP contribution >= 0.6 is 18.9 Å². The second-order valence-corrected chi connectivity index (χ2v) is 20.6. The van der Waals surface area contributed by atoms with E-state index in [0.717, 1.165) is 12.1 Å². The van der Waals surface area contributed by atoms with Crippen LogP contribution in [0.4, 0.5) is 13.2 Å². The van der Waals surface area contributed by atoms with E-state index in [1.807, 2.05) is 4.72 Å². The molecule has 27 heteroatoms. The van der Waals surface area contributed by atoms with E-state index in [1.54, 1.807) is 0 Å². The number of hydrogen-bond acceptors (Lipinski definition) is 14. The Morgan fingerprint density at radius 2 is 1.18 bits per heavy atom. The predicted molar refractivity (Wildman–Crippen MR) is 247 cm³/mol. The van der Waals surface area contributed by atoms with Crippen molar-refractivity contribution in [2.24, 2.45) is 0 Å². The molecule has 21 nitrogen and oxygen atoms in total. The van der Waals surface area contributed by atoms with Crippen LogP contribution in [0.5, 0.6) is 17.2 Å². The molecule has 0 saturated heterocycles. The molecular weight excluding hydrogens is 1020 g/mol. The molecule has 8 N–H and O–H groups in total. The molecule has 0 aliphatic rings. The fraction of sp³-hybridized carbons (Fsp3) is 0.267. The Morgan fingerprint density at radius 3 is 1.64 bits per heavy atom. The van der Waals surface area contributed by atoms with Crippen LogP contribution < -0.4 is 29.4 Å². The molecule has 0 radical (unpaired) electrons. The number of fused-ring (bicyclic) bond motifs is 1. The van der Waals surface area contributed by atoms with Gasteiger partial charge < -0.3 is 50.0 Å². The number of sulfonamides is 1. The van der Waals surface area contributed by atoms with E-state index in [-0.39, 0.29) is 68.1 Å². The molecule has 0 spiro atoms. The zero-order chi connectivity index (χ0) is 53.3. The summed E-state index contributed by atoms with van der Waals surface area (Å²) < 4.78 is 99.1. The minimum absolute atomic E-state index is 0.0119. The third-order valence-corrected chi connectivity index (χ3v) is 14.2. The summed E-state index contributed by atoms with van der Waals surface area (Å²) in [5.41, 5.74) is -1.62. The maximum absolute atomic E-state index is 13.5. The van der Waals surface area contributed by atoms with E-state index in [0.29, 0.717) is 23.5 Å². The zero-order valence-electron chi connectivity index (χ0n) is 37.5. The van der Waals surface area contributed by atoms with E-state index < -0.39 is 125 Å². The number of ether oxygens (including phenoxy) is 2. The number of carbonyl (C=O) groups excluding carboxylic acids is 2. The summed E-state index contributed by atoms with van der Waals surface area (Å²) in [6.07, 6.45) is -10.2. The van der Waals surface area contributed by atoms with Gasteiger partial charge in [-0.05, 0) is 96.1 Å². The predicted octanol–water partition coefficient (Wildman–Crippen LogP) is 5.19. The van der Waals surface area contributed by atoms with Crippen LogP contribution in [0, 0.1) is 11.3 Å². The molecule has 0 saturated carbocycles. The molecule has 1 aromatic heterocycles. The van der Waals surface area contributed by atoms with Gasteiger partial charge in [-0.25, -0.2) is 13.0 Å². The van der Waals surface area contributed by atoms with Crippen LogP contribution in [0.1, 0.15) is 67.9 Å². The molecule has 382 valence electrons. The van der Waals surface area contributed by atoms with Crippen molar-refractivity contribution in [3.8, 4) is 23.3 Å². The number of carboxylic acid groups (broad SMARTS) is 4. The van der Waals surface area contributed by atoms with Crippen LogP contribution in [-0.2, 0) is 65.6 Å². The molecule has 0 aliphatic heterocycles. The highest BCUT2D eigenvalue weighted by Gasteiger charge is 2.35. The largest absolute Gasteiger partial charge is 0.485 e. The van der Waals surface area contributed by atoms with Crippen LogP contribution in [0.3, 0.4) is 0 Å². The van der Waals surface area contributed by atoms with E-state index in [4.69, 9.17) is 19.3 Å². The number of amides is 2. The van der Waals surface area contributed by atoms with E-state index in [9.17, 15) is 80.2 Å². The van der Waals surface area contributed by atoms with Crippen LogP contribution in [0.15, 0.2) is 77.0 Å². The first kappa shape index (κ1) is 55.4. The van der Waals surface area contributed by atoms with Crippen molar-refractivity contribution in [3.63, 3.8) is 0 Å². The Hall–Kier alpha value is -7.56. The minimum atomic E-state index is -5.03. The van der Waals surface area contributed by atoms with Gasteiger partial charge in [0.05, 0.1) is 56.0 Å². The van der Waals surface area contributed by atoms with Crippen molar-refractivity contribution < 1.29 is 94.2 Å². The van der Waals surface area contributed by atoms with Crippen LogP contribution in [0.2, 0.25) is 0 Å². The second-order valence-electron chi connectivity index (χ2n) is 15.8. The minimum Gasteiger partial charge on any atom is -0.485 e. The van der Waals surface area contributed by atoms with Gasteiger partial charge in [0.15, 0.2) is 11.5 Å². The molecule has 3 atom stereocenters. The van der Waals surface area contributed by atoms with E-state index in [1.165, 1.54) is 68.4 Å². The van der Waals surface area contributed by atoms with Crippen molar-refractivity contribution in [1.82, 2.24) is 15.4 Å². The van der Waals surface area contributed by atoms with Gasteiger partial charge in [0.1, 0.15) is 28.5 Å². The third-order valence-electron chi connectivity index (χ3n) is 10.0. The first-order valence-electron chi connectivity index (χ1n) is 20.8. The molecule has 0 aliphatic carbocycles. The smallest absolute Gasteiger partial charge is 0.417 e. The average Bonchev–Trinajstić information content (AvgIpc) is 3.71. The van der Waals surface area contributed by atoms with Gasteiger partial charge in [-0.1, -0.05) is 12.1 Å². The second kappa shape index (κ2) is 23.1. The number of benzene rings is 4. The Bertz CT molecular complexity index is 3020. The maximum Gasteiger partial charge on any atom is 0.417 e. The van der Waals surface area contributed by atoms with Crippen molar-refractivity contribution in [3.05, 3.63) is 117 Å². The van der Waals surface area contributed by atoms with Crippen molar-refractivity contribution in [1.29, 1.82) is 5.26 Å². The van der Waals surface area contributed by atoms with Crippen molar-refractivity contribution >= 4 is 74.7 Å². The Kier molecular flexibility index (Phi) is 17.8. The highest BCUT2D eigenvalue weighted by molar-refractivity contribution is 7.92. The average molecular weight is 1060 g/mol. The number of hydrogen-bond donors (Lipinski definition) is 8. The third kappa shape index (κ3) is 15.5. The molecular formula is C45H42F3N4O17PS2. The number of carboxylic acids is 4. The number of thiophene rings is 1. The van der Waals surface area contributed by atoms with Crippen molar-refractivity contribution in [2.75, 3.05) is 19.4 Å². The highest BCUT2D eigenvalue weighted by atomic mass is 32.2. The van der Waals surface area contributed by atoms with Crippen LogP contribution in [0.25, 0.3) is 10.1 Å². The number of aliphatic carboxylic acids is 4. The summed E-state index contributed by atoms with van der Waals surface area (Å²) in [4.78, 5) is 82.4. The Morgan fingerprint density at radius 1 is 0.708 bits per heavy atom. The number of carbonyl (C=O) groups is 6. The summed E-state index contributed by atoms with van der Waals surface area (Å²) in [7, 11) is -9.69. The summed E-state index contributed by atoms with van der Waals surface area (Å²) in [5.74, 6) is -7.13. The fourth-order valence-corrected chi connectivity index (χ4v) is 10.7. The van der Waals surface area contributed by atoms with Gasteiger partial charge in [-0.15, -0.1) is 11.3 Å². The standard InChI is InChI=1S/C45H42F3N4O17PS2/c1-23(20-50-43(61)27-5-3-25(12-38(53)54)30(9-27)14-40(57)58)67-35-11-32-16-42(72(65,66)52-22-70(63,64)69-33-8-7-29(19-49)34(17-33)45(46,47)48)71-37(32)18-36(35)68-24(2)21-51-44(62)28-6-4-26(13-39(55)56)31(10-28)15-41(59)60/h3-11,16-18,23-24,52H,12-15,20-22H2,1-2H3,(H,50,61)(H,51,62)(H,53,54)(H,55,56)(H,57,58)(H,59,60)(H,63,64). The lowest BCUT2D eigenvalue weighted by Gasteiger charge is -2.21. The molecule has 3 unspecified atom stereocenters. The van der Waals surface area contributed by atoms with Gasteiger partial charge >= 0.3 is 37.6 Å². The number of nitrogens with zero attached hydrogens (tertiary/aromatic N) is 1. The van der Waals surface area contributed by atoms with Gasteiger partial charge in [-0.2, -0.15) is 23.2 Å².